The average Bonchev–Trinajstić information content (AvgIpc) is 2.44. The highest BCUT2D eigenvalue weighted by molar-refractivity contribution is 9.10. The number of hydrogen-bond acceptors (Lipinski definition) is 1. The number of hydrogen-bond donors (Lipinski definition) is 1. The minimum atomic E-state index is 0.262. The Hall–Kier alpha value is -1.12. The van der Waals surface area contributed by atoms with Crippen LogP contribution in [0.5, 0.6) is 0 Å². The van der Waals surface area contributed by atoms with Crippen LogP contribution < -0.4 is 5.32 Å². The maximum atomic E-state index is 3.72. The molecule has 0 spiro atoms. The van der Waals surface area contributed by atoms with Crippen molar-refractivity contribution in [1.29, 1.82) is 0 Å². The smallest absolute Gasteiger partial charge is 0.0582 e. The summed E-state index contributed by atoms with van der Waals surface area (Å²) in [7, 11) is 0. The first-order valence-corrected chi connectivity index (χ1v) is 8.38. The third-order valence-electron chi connectivity index (χ3n) is 3.89. The van der Waals surface area contributed by atoms with Gasteiger partial charge in [-0.25, -0.2) is 0 Å². The zero-order chi connectivity index (χ0) is 15.4. The molecule has 0 aliphatic heterocycles. The Morgan fingerprint density at radius 3 is 2.38 bits per heavy atom. The average molecular weight is 346 g/mol. The first kappa shape index (κ1) is 16.3. The Kier molecular flexibility index (Phi) is 5.60. The molecule has 0 heterocycles. The van der Waals surface area contributed by atoms with E-state index in [0.717, 1.165) is 17.4 Å². The van der Waals surface area contributed by atoms with Crippen LogP contribution in [0.3, 0.4) is 0 Å². The summed E-state index contributed by atoms with van der Waals surface area (Å²) in [6, 6.07) is 13.5. The van der Waals surface area contributed by atoms with Gasteiger partial charge in [0, 0.05) is 4.47 Å². The monoisotopic (exact) mass is 345 g/mol. The molecule has 0 saturated carbocycles. The van der Waals surface area contributed by atoms with Gasteiger partial charge in [-0.3, -0.25) is 0 Å². The summed E-state index contributed by atoms with van der Waals surface area (Å²) in [4.78, 5) is 0. The Morgan fingerprint density at radius 1 is 0.952 bits per heavy atom. The second-order valence-corrected chi connectivity index (χ2v) is 6.66. The lowest BCUT2D eigenvalue weighted by Gasteiger charge is -2.24. The minimum Gasteiger partial charge on any atom is -0.306 e. The van der Waals surface area contributed by atoms with E-state index in [2.05, 4.69) is 85.3 Å². The molecule has 0 aliphatic rings. The molecule has 0 aromatic heterocycles. The molecule has 2 rings (SSSR count). The summed E-state index contributed by atoms with van der Waals surface area (Å²) in [5, 5.41) is 3.72. The van der Waals surface area contributed by atoms with Crippen molar-refractivity contribution < 1.29 is 0 Å². The molecule has 0 aliphatic carbocycles. The molecule has 1 nitrogen and oxygen atoms in total. The van der Waals surface area contributed by atoms with Crippen molar-refractivity contribution in [3.8, 4) is 0 Å². The van der Waals surface area contributed by atoms with Gasteiger partial charge in [0.1, 0.15) is 0 Å². The number of aryl methyl sites for hydroxylation is 3. The molecule has 2 aromatic rings. The van der Waals surface area contributed by atoms with E-state index in [4.69, 9.17) is 0 Å². The molecule has 1 unspecified atom stereocenters. The predicted octanol–water partition coefficient (Wildman–Crippen LogP) is 5.46. The van der Waals surface area contributed by atoms with Crippen LogP contribution in [0.1, 0.15) is 47.2 Å². The summed E-state index contributed by atoms with van der Waals surface area (Å²) in [6.07, 6.45) is 1.14. The van der Waals surface area contributed by atoms with Crippen molar-refractivity contribution in [3.05, 3.63) is 68.7 Å². The fourth-order valence-corrected chi connectivity index (χ4v) is 3.19. The molecule has 0 bridgehead atoms. The maximum absolute atomic E-state index is 3.72. The van der Waals surface area contributed by atoms with E-state index in [0.29, 0.717) is 0 Å². The van der Waals surface area contributed by atoms with Crippen LogP contribution in [-0.4, -0.2) is 6.54 Å². The number of benzene rings is 2. The van der Waals surface area contributed by atoms with Crippen LogP contribution in [-0.2, 0) is 0 Å². The van der Waals surface area contributed by atoms with E-state index in [1.54, 1.807) is 0 Å². The van der Waals surface area contributed by atoms with Crippen molar-refractivity contribution in [2.45, 2.75) is 40.2 Å². The Balaban J connectivity index is 2.49. The Labute approximate surface area is 136 Å². The van der Waals surface area contributed by atoms with Gasteiger partial charge in [0.25, 0.3) is 0 Å². The van der Waals surface area contributed by atoms with Crippen LogP contribution in [0, 0.1) is 20.8 Å². The third kappa shape index (κ3) is 3.96. The standard InChI is InChI=1S/C19H24BrN/c1-5-10-21-19(17-9-8-16(20)12-15(17)4)18-11-13(2)6-7-14(18)3/h6-9,11-12,19,21H,5,10H2,1-4H3. The molecule has 2 heteroatoms. The maximum Gasteiger partial charge on any atom is 0.0582 e. The molecule has 0 amide bonds. The van der Waals surface area contributed by atoms with E-state index in [1.165, 1.54) is 27.8 Å². The van der Waals surface area contributed by atoms with E-state index in [9.17, 15) is 0 Å². The lowest BCUT2D eigenvalue weighted by molar-refractivity contribution is 0.593. The zero-order valence-corrected chi connectivity index (χ0v) is 14.9. The van der Waals surface area contributed by atoms with Crippen LogP contribution >= 0.6 is 15.9 Å². The summed E-state index contributed by atoms with van der Waals surface area (Å²) < 4.78 is 1.14. The number of halogens is 1. The van der Waals surface area contributed by atoms with Gasteiger partial charge < -0.3 is 5.32 Å². The summed E-state index contributed by atoms with van der Waals surface area (Å²) >= 11 is 3.56. The number of rotatable bonds is 5. The third-order valence-corrected chi connectivity index (χ3v) is 4.38. The molecule has 112 valence electrons. The van der Waals surface area contributed by atoms with Crippen molar-refractivity contribution in [2.24, 2.45) is 0 Å². The van der Waals surface area contributed by atoms with E-state index in [-0.39, 0.29) is 6.04 Å². The fourth-order valence-electron chi connectivity index (χ4n) is 2.71. The van der Waals surface area contributed by atoms with Crippen LogP contribution in [0.25, 0.3) is 0 Å². The van der Waals surface area contributed by atoms with E-state index < -0.39 is 0 Å². The molecule has 1 N–H and O–H groups in total. The molecule has 21 heavy (non-hydrogen) atoms. The van der Waals surface area contributed by atoms with Crippen molar-refractivity contribution in [1.82, 2.24) is 5.32 Å². The highest BCUT2D eigenvalue weighted by atomic mass is 79.9. The molecule has 2 aromatic carbocycles. The van der Waals surface area contributed by atoms with Gasteiger partial charge in [0.15, 0.2) is 0 Å². The van der Waals surface area contributed by atoms with Crippen LogP contribution in [0.2, 0.25) is 0 Å². The van der Waals surface area contributed by atoms with E-state index in [1.807, 2.05) is 0 Å². The lowest BCUT2D eigenvalue weighted by atomic mass is 9.91. The summed E-state index contributed by atoms with van der Waals surface area (Å²) in [5.41, 5.74) is 6.72. The molecule has 0 radical (unpaired) electrons. The van der Waals surface area contributed by atoms with Gasteiger partial charge in [-0.15, -0.1) is 0 Å². The van der Waals surface area contributed by atoms with Gasteiger partial charge in [0.2, 0.25) is 0 Å². The van der Waals surface area contributed by atoms with Gasteiger partial charge >= 0.3 is 0 Å². The highest BCUT2D eigenvalue weighted by Crippen LogP contribution is 2.29. The fraction of sp³-hybridized carbons (Fsp3) is 0.368. The minimum absolute atomic E-state index is 0.262. The van der Waals surface area contributed by atoms with Gasteiger partial charge in [-0.05, 0) is 68.1 Å². The van der Waals surface area contributed by atoms with Crippen LogP contribution in [0.4, 0.5) is 0 Å². The SMILES string of the molecule is CCCNC(c1ccc(Br)cc1C)c1cc(C)ccc1C. The second kappa shape index (κ2) is 7.24. The predicted molar refractivity (Wildman–Crippen MR) is 94.9 cm³/mol. The Bertz CT molecular complexity index is 619. The van der Waals surface area contributed by atoms with Gasteiger partial charge in [-0.2, -0.15) is 0 Å². The first-order valence-electron chi connectivity index (χ1n) is 7.59. The molecular formula is C19H24BrN. The second-order valence-electron chi connectivity index (χ2n) is 5.75. The molecular weight excluding hydrogens is 322 g/mol. The van der Waals surface area contributed by atoms with Crippen molar-refractivity contribution in [3.63, 3.8) is 0 Å². The Morgan fingerprint density at radius 2 is 1.71 bits per heavy atom. The van der Waals surface area contributed by atoms with Gasteiger partial charge in [0.05, 0.1) is 6.04 Å². The molecule has 0 saturated heterocycles. The van der Waals surface area contributed by atoms with Crippen LogP contribution in [0.15, 0.2) is 40.9 Å². The molecule has 1 atom stereocenters. The lowest BCUT2D eigenvalue weighted by Crippen LogP contribution is -2.24. The topological polar surface area (TPSA) is 12.0 Å². The molecule has 0 fully saturated rings. The zero-order valence-electron chi connectivity index (χ0n) is 13.3. The van der Waals surface area contributed by atoms with Gasteiger partial charge in [-0.1, -0.05) is 52.7 Å². The normalized spacial score (nSPS) is 12.4. The van der Waals surface area contributed by atoms with E-state index >= 15 is 0 Å². The number of nitrogens with one attached hydrogen (secondary N) is 1. The first-order chi connectivity index (χ1) is 10.0. The highest BCUT2D eigenvalue weighted by Gasteiger charge is 2.17. The largest absolute Gasteiger partial charge is 0.306 e. The summed E-state index contributed by atoms with van der Waals surface area (Å²) in [6.45, 7) is 9.78. The quantitative estimate of drug-likeness (QED) is 0.758. The summed E-state index contributed by atoms with van der Waals surface area (Å²) in [5.74, 6) is 0. The van der Waals surface area contributed by atoms with Crippen molar-refractivity contribution in [2.75, 3.05) is 6.54 Å². The van der Waals surface area contributed by atoms with Crippen molar-refractivity contribution >= 4 is 15.9 Å².